The number of carboxylic acids is 1. The topological polar surface area (TPSA) is 59.0 Å². The van der Waals surface area contributed by atoms with Gasteiger partial charge in [0.2, 0.25) is 0 Å². The maximum Gasteiger partial charge on any atom is 0.306 e. The van der Waals surface area contributed by atoms with Crippen molar-refractivity contribution in [2.45, 2.75) is 31.5 Å². The van der Waals surface area contributed by atoms with Crippen molar-refractivity contribution >= 4 is 5.97 Å². The summed E-state index contributed by atoms with van der Waals surface area (Å²) in [7, 11) is 3.31. The van der Waals surface area contributed by atoms with Crippen molar-refractivity contribution in [1.29, 1.82) is 0 Å². The van der Waals surface area contributed by atoms with Crippen LogP contribution in [-0.2, 0) is 14.3 Å². The summed E-state index contributed by atoms with van der Waals surface area (Å²) in [6.07, 6.45) is 4.06. The SMILES string of the molecule is COC1(OC)CN(CC2CCCCC2C(=O)O)C1. The number of carbonyl (C=O) groups is 1. The Hall–Kier alpha value is -0.650. The van der Waals surface area contributed by atoms with Crippen LogP contribution >= 0.6 is 0 Å². The number of hydrogen-bond donors (Lipinski definition) is 1. The second-order valence-corrected chi connectivity index (χ2v) is 5.48. The van der Waals surface area contributed by atoms with Crippen LogP contribution < -0.4 is 0 Å². The molecule has 5 heteroatoms. The van der Waals surface area contributed by atoms with Crippen LogP contribution in [0.3, 0.4) is 0 Å². The number of rotatable bonds is 5. The van der Waals surface area contributed by atoms with E-state index in [0.717, 1.165) is 45.3 Å². The van der Waals surface area contributed by atoms with Crippen molar-refractivity contribution in [3.05, 3.63) is 0 Å². The van der Waals surface area contributed by atoms with Crippen LogP contribution in [0, 0.1) is 11.8 Å². The van der Waals surface area contributed by atoms with Crippen LogP contribution in [0.5, 0.6) is 0 Å². The molecule has 2 fully saturated rings. The molecule has 0 aromatic heterocycles. The number of aliphatic carboxylic acids is 1. The van der Waals surface area contributed by atoms with Crippen molar-refractivity contribution < 1.29 is 19.4 Å². The van der Waals surface area contributed by atoms with E-state index < -0.39 is 11.8 Å². The molecule has 0 aromatic carbocycles. The lowest BCUT2D eigenvalue weighted by atomic mass is 9.78. The predicted octanol–water partition coefficient (Wildman–Crippen LogP) is 1.18. The first kappa shape index (κ1) is 13.8. The number of likely N-dealkylation sites (tertiary alicyclic amines) is 1. The third kappa shape index (κ3) is 2.68. The van der Waals surface area contributed by atoms with Gasteiger partial charge in [0.1, 0.15) is 0 Å². The Morgan fingerprint density at radius 2 is 1.89 bits per heavy atom. The van der Waals surface area contributed by atoms with Crippen molar-refractivity contribution in [2.24, 2.45) is 11.8 Å². The summed E-state index contributed by atoms with van der Waals surface area (Å²) in [5.74, 6) is -0.986. The fraction of sp³-hybridized carbons (Fsp3) is 0.923. The maximum atomic E-state index is 11.2. The molecule has 2 unspecified atom stereocenters. The number of hydrogen-bond acceptors (Lipinski definition) is 4. The van der Waals surface area contributed by atoms with Gasteiger partial charge in [-0.05, 0) is 18.8 Å². The molecule has 0 spiro atoms. The lowest BCUT2D eigenvalue weighted by molar-refractivity contribution is -0.277. The quantitative estimate of drug-likeness (QED) is 0.749. The van der Waals surface area contributed by atoms with Crippen LogP contribution in [-0.4, -0.2) is 55.6 Å². The van der Waals surface area contributed by atoms with Gasteiger partial charge < -0.3 is 14.6 Å². The van der Waals surface area contributed by atoms with Crippen LogP contribution in [0.4, 0.5) is 0 Å². The molecule has 2 atom stereocenters. The Morgan fingerprint density at radius 3 is 2.44 bits per heavy atom. The Bertz CT molecular complexity index is 295. The Balaban J connectivity index is 1.84. The zero-order valence-electron chi connectivity index (χ0n) is 11.2. The average molecular weight is 257 g/mol. The van der Waals surface area contributed by atoms with Gasteiger partial charge in [0.15, 0.2) is 5.79 Å². The molecule has 0 bridgehead atoms. The van der Waals surface area contributed by atoms with Gasteiger partial charge in [-0.2, -0.15) is 0 Å². The van der Waals surface area contributed by atoms with E-state index in [1.54, 1.807) is 14.2 Å². The van der Waals surface area contributed by atoms with E-state index in [2.05, 4.69) is 4.90 Å². The predicted molar refractivity (Wildman–Crippen MR) is 66.3 cm³/mol. The van der Waals surface area contributed by atoms with E-state index in [-0.39, 0.29) is 11.8 Å². The van der Waals surface area contributed by atoms with Crippen LogP contribution in [0.2, 0.25) is 0 Å². The Kier molecular flexibility index (Phi) is 4.25. The number of carboxylic acid groups (broad SMARTS) is 1. The first-order valence-corrected chi connectivity index (χ1v) is 6.66. The van der Waals surface area contributed by atoms with Crippen LogP contribution in [0.25, 0.3) is 0 Å². The van der Waals surface area contributed by atoms with E-state index in [1.807, 2.05) is 0 Å². The van der Waals surface area contributed by atoms with Gasteiger partial charge in [-0.1, -0.05) is 12.8 Å². The molecule has 0 amide bonds. The molecule has 0 radical (unpaired) electrons. The molecular weight excluding hydrogens is 234 g/mol. The third-order valence-electron chi connectivity index (χ3n) is 4.39. The van der Waals surface area contributed by atoms with Gasteiger partial charge in [-0.25, -0.2) is 0 Å². The van der Waals surface area contributed by atoms with Gasteiger partial charge in [0, 0.05) is 20.8 Å². The molecule has 1 heterocycles. The fourth-order valence-electron chi connectivity index (χ4n) is 3.19. The highest BCUT2D eigenvalue weighted by Crippen LogP contribution is 2.34. The molecule has 1 saturated heterocycles. The summed E-state index contributed by atoms with van der Waals surface area (Å²) in [5.41, 5.74) is 0. The minimum Gasteiger partial charge on any atom is -0.481 e. The minimum atomic E-state index is -0.634. The zero-order chi connectivity index (χ0) is 13.2. The second-order valence-electron chi connectivity index (χ2n) is 5.48. The Morgan fingerprint density at radius 1 is 1.28 bits per heavy atom. The summed E-state index contributed by atoms with van der Waals surface area (Å²) in [4.78, 5) is 13.5. The van der Waals surface area contributed by atoms with Crippen LogP contribution in [0.15, 0.2) is 0 Å². The molecule has 2 rings (SSSR count). The Labute approximate surface area is 108 Å². The molecule has 1 aliphatic heterocycles. The molecule has 0 aromatic rings. The van der Waals surface area contributed by atoms with Crippen molar-refractivity contribution in [2.75, 3.05) is 33.9 Å². The number of ether oxygens (including phenoxy) is 2. The molecular formula is C13H23NO4. The van der Waals surface area contributed by atoms with Crippen molar-refractivity contribution in [3.63, 3.8) is 0 Å². The fourth-order valence-corrected chi connectivity index (χ4v) is 3.19. The van der Waals surface area contributed by atoms with Crippen LogP contribution in [0.1, 0.15) is 25.7 Å². The van der Waals surface area contributed by atoms with E-state index in [1.165, 1.54) is 0 Å². The number of nitrogens with zero attached hydrogens (tertiary/aromatic N) is 1. The maximum absolute atomic E-state index is 11.2. The van der Waals surface area contributed by atoms with Gasteiger partial charge in [-0.15, -0.1) is 0 Å². The zero-order valence-corrected chi connectivity index (χ0v) is 11.2. The van der Waals surface area contributed by atoms with Crippen molar-refractivity contribution in [1.82, 2.24) is 4.90 Å². The lowest BCUT2D eigenvalue weighted by Crippen LogP contribution is -2.64. The summed E-state index contributed by atoms with van der Waals surface area (Å²) in [6, 6.07) is 0. The largest absolute Gasteiger partial charge is 0.481 e. The highest BCUT2D eigenvalue weighted by Gasteiger charge is 2.45. The van der Waals surface area contributed by atoms with Gasteiger partial charge in [-0.3, -0.25) is 9.69 Å². The summed E-state index contributed by atoms with van der Waals surface area (Å²) in [6.45, 7) is 2.33. The molecule has 104 valence electrons. The second kappa shape index (κ2) is 5.55. The standard InChI is InChI=1S/C13H23NO4/c1-17-13(18-2)8-14(9-13)7-10-5-3-4-6-11(10)12(15)16/h10-11H,3-9H2,1-2H3,(H,15,16). The first-order valence-electron chi connectivity index (χ1n) is 6.66. The van der Waals surface area contributed by atoms with E-state index >= 15 is 0 Å². The highest BCUT2D eigenvalue weighted by atomic mass is 16.7. The number of methoxy groups -OCH3 is 2. The first-order chi connectivity index (χ1) is 8.60. The van der Waals surface area contributed by atoms with Gasteiger partial charge in [0.25, 0.3) is 0 Å². The molecule has 5 nitrogen and oxygen atoms in total. The monoisotopic (exact) mass is 257 g/mol. The molecule has 1 saturated carbocycles. The minimum absolute atomic E-state index is 0.168. The highest BCUT2D eigenvalue weighted by molar-refractivity contribution is 5.70. The summed E-state index contributed by atoms with van der Waals surface area (Å²) in [5, 5.41) is 9.24. The van der Waals surface area contributed by atoms with Gasteiger partial charge in [0.05, 0.1) is 19.0 Å². The lowest BCUT2D eigenvalue weighted by Gasteiger charge is -2.49. The molecule has 1 N–H and O–H groups in total. The van der Waals surface area contributed by atoms with E-state index in [9.17, 15) is 9.90 Å². The average Bonchev–Trinajstić information content (AvgIpc) is 2.33. The molecule has 2 aliphatic rings. The summed E-state index contributed by atoms with van der Waals surface area (Å²) < 4.78 is 10.7. The van der Waals surface area contributed by atoms with Crippen molar-refractivity contribution in [3.8, 4) is 0 Å². The normalized spacial score (nSPS) is 31.9. The molecule has 1 aliphatic carbocycles. The molecule has 18 heavy (non-hydrogen) atoms. The third-order valence-corrected chi connectivity index (χ3v) is 4.39. The smallest absolute Gasteiger partial charge is 0.306 e. The summed E-state index contributed by atoms with van der Waals surface area (Å²) >= 11 is 0. The van der Waals surface area contributed by atoms with Gasteiger partial charge >= 0.3 is 5.97 Å². The van der Waals surface area contributed by atoms with E-state index in [0.29, 0.717) is 0 Å². The van der Waals surface area contributed by atoms with E-state index in [4.69, 9.17) is 9.47 Å².